The van der Waals surface area contributed by atoms with Gasteiger partial charge in [0.15, 0.2) is 11.0 Å². The predicted octanol–water partition coefficient (Wildman–Crippen LogP) is 2.88. The van der Waals surface area contributed by atoms with Crippen LogP contribution < -0.4 is 5.32 Å². The van der Waals surface area contributed by atoms with Crippen molar-refractivity contribution in [2.75, 3.05) is 5.32 Å². The summed E-state index contributed by atoms with van der Waals surface area (Å²) in [6.45, 7) is 0. The van der Waals surface area contributed by atoms with Gasteiger partial charge in [-0.3, -0.25) is 0 Å². The van der Waals surface area contributed by atoms with Crippen LogP contribution in [0.15, 0.2) is 30.3 Å². The highest BCUT2D eigenvalue weighted by atomic mass is 35.5. The lowest BCUT2D eigenvalue weighted by Gasteiger charge is -2.05. The second-order valence-corrected chi connectivity index (χ2v) is 3.56. The molecule has 84 valence electrons. The molecule has 0 amide bonds. The molecule has 2 rings (SSSR count). The monoisotopic (exact) mass is 248 g/mol. The topological polar surface area (TPSA) is 61.6 Å². The van der Waals surface area contributed by atoms with Crippen molar-refractivity contribution >= 4 is 23.1 Å². The fourth-order valence-electron chi connectivity index (χ4n) is 1.22. The third-order valence-corrected chi connectivity index (χ3v) is 2.19. The minimum Gasteiger partial charge on any atom is -0.339 e. The van der Waals surface area contributed by atoms with Gasteiger partial charge >= 0.3 is 0 Å². The zero-order valence-corrected chi connectivity index (χ0v) is 9.24. The Morgan fingerprint density at radius 2 is 2.06 bits per heavy atom. The Morgan fingerprint density at radius 1 is 1.24 bits per heavy atom. The summed E-state index contributed by atoms with van der Waals surface area (Å²) < 4.78 is 13.1. The molecule has 4 nitrogen and oxygen atoms in total. The molecule has 0 atom stereocenters. The molecule has 0 aliphatic heterocycles. The van der Waals surface area contributed by atoms with Gasteiger partial charge in [-0.05, 0) is 30.3 Å². The fraction of sp³-hybridized carbons (Fsp3) is 0. The molecule has 0 bridgehead atoms. The lowest BCUT2D eigenvalue weighted by molar-refractivity contribution is 0.624. The SMILES string of the molecule is N#Cc1cc(Nc2ccc(Cl)nn2)ccc1F. The molecule has 0 aliphatic rings. The minimum atomic E-state index is -0.555. The summed E-state index contributed by atoms with van der Waals surface area (Å²) in [4.78, 5) is 0. The van der Waals surface area contributed by atoms with Gasteiger partial charge in [0.2, 0.25) is 0 Å². The van der Waals surface area contributed by atoms with Crippen molar-refractivity contribution in [3.8, 4) is 6.07 Å². The van der Waals surface area contributed by atoms with E-state index < -0.39 is 5.82 Å². The molecule has 1 N–H and O–H groups in total. The van der Waals surface area contributed by atoms with Gasteiger partial charge in [-0.25, -0.2) is 4.39 Å². The van der Waals surface area contributed by atoms with E-state index in [2.05, 4.69) is 15.5 Å². The largest absolute Gasteiger partial charge is 0.339 e. The number of anilines is 2. The van der Waals surface area contributed by atoms with Crippen LogP contribution in [-0.2, 0) is 0 Å². The third-order valence-electron chi connectivity index (χ3n) is 1.99. The molecule has 1 heterocycles. The van der Waals surface area contributed by atoms with E-state index in [0.717, 1.165) is 0 Å². The van der Waals surface area contributed by atoms with Gasteiger partial charge in [-0.2, -0.15) is 5.26 Å². The second kappa shape index (κ2) is 4.76. The Hall–Kier alpha value is -2.19. The molecule has 0 aliphatic carbocycles. The summed E-state index contributed by atoms with van der Waals surface area (Å²) in [5, 5.41) is 19.3. The van der Waals surface area contributed by atoms with E-state index in [1.54, 1.807) is 18.2 Å². The van der Waals surface area contributed by atoms with E-state index in [-0.39, 0.29) is 10.7 Å². The van der Waals surface area contributed by atoms with Crippen molar-refractivity contribution in [1.82, 2.24) is 10.2 Å². The van der Waals surface area contributed by atoms with Crippen LogP contribution >= 0.6 is 11.6 Å². The number of rotatable bonds is 2. The zero-order chi connectivity index (χ0) is 12.3. The molecule has 2 aromatic rings. The number of benzene rings is 1. The van der Waals surface area contributed by atoms with Crippen molar-refractivity contribution in [3.63, 3.8) is 0 Å². The summed E-state index contributed by atoms with van der Waals surface area (Å²) in [6, 6.07) is 9.08. The Labute approximate surface area is 102 Å². The second-order valence-electron chi connectivity index (χ2n) is 3.17. The molecule has 0 saturated heterocycles. The van der Waals surface area contributed by atoms with Crippen molar-refractivity contribution < 1.29 is 4.39 Å². The zero-order valence-electron chi connectivity index (χ0n) is 8.48. The molecule has 0 saturated carbocycles. The number of hydrogen-bond donors (Lipinski definition) is 1. The Balaban J connectivity index is 2.25. The molecule has 1 aromatic heterocycles. The molecule has 6 heteroatoms. The van der Waals surface area contributed by atoms with E-state index in [0.29, 0.717) is 11.5 Å². The minimum absolute atomic E-state index is 0.0306. The van der Waals surface area contributed by atoms with E-state index in [1.807, 2.05) is 0 Å². The summed E-state index contributed by atoms with van der Waals surface area (Å²) >= 11 is 5.59. The highest BCUT2D eigenvalue weighted by molar-refractivity contribution is 6.29. The van der Waals surface area contributed by atoms with Gasteiger partial charge in [-0.15, -0.1) is 10.2 Å². The summed E-state index contributed by atoms with van der Waals surface area (Å²) in [5.74, 6) is -0.0925. The number of hydrogen-bond acceptors (Lipinski definition) is 4. The first-order valence-corrected chi connectivity index (χ1v) is 5.03. The molecule has 0 radical (unpaired) electrons. The van der Waals surface area contributed by atoms with Gasteiger partial charge in [-0.1, -0.05) is 11.6 Å². The van der Waals surface area contributed by atoms with E-state index in [1.165, 1.54) is 18.2 Å². The molecule has 17 heavy (non-hydrogen) atoms. The average Bonchev–Trinajstić information content (AvgIpc) is 2.34. The lowest BCUT2D eigenvalue weighted by atomic mass is 10.2. The average molecular weight is 249 g/mol. The van der Waals surface area contributed by atoms with E-state index in [4.69, 9.17) is 16.9 Å². The molecule has 0 fully saturated rings. The highest BCUT2D eigenvalue weighted by Gasteiger charge is 2.03. The normalized spacial score (nSPS) is 9.71. The first-order valence-electron chi connectivity index (χ1n) is 4.65. The van der Waals surface area contributed by atoms with Crippen LogP contribution in [-0.4, -0.2) is 10.2 Å². The number of nitrogens with one attached hydrogen (secondary N) is 1. The number of nitrogens with zero attached hydrogens (tertiary/aromatic N) is 3. The lowest BCUT2D eigenvalue weighted by Crippen LogP contribution is -1.96. The maximum absolute atomic E-state index is 13.1. The third kappa shape index (κ3) is 2.68. The van der Waals surface area contributed by atoms with Crippen LogP contribution in [0, 0.1) is 17.1 Å². The number of aromatic nitrogens is 2. The number of halogens is 2. The van der Waals surface area contributed by atoms with E-state index in [9.17, 15) is 4.39 Å². The Morgan fingerprint density at radius 3 is 2.71 bits per heavy atom. The van der Waals surface area contributed by atoms with Gasteiger partial charge in [0.05, 0.1) is 5.56 Å². The Kier molecular flexibility index (Phi) is 3.17. The van der Waals surface area contributed by atoms with Crippen LogP contribution in [0.2, 0.25) is 5.15 Å². The molecule has 0 spiro atoms. The van der Waals surface area contributed by atoms with Crippen molar-refractivity contribution in [3.05, 3.63) is 46.9 Å². The van der Waals surface area contributed by atoms with Crippen LogP contribution in [0.4, 0.5) is 15.9 Å². The Bertz CT molecular complexity index is 577. The fourth-order valence-corrected chi connectivity index (χ4v) is 1.32. The van der Waals surface area contributed by atoms with Crippen LogP contribution in [0.25, 0.3) is 0 Å². The quantitative estimate of drug-likeness (QED) is 0.888. The maximum atomic E-state index is 13.1. The van der Waals surface area contributed by atoms with Gasteiger partial charge in [0, 0.05) is 5.69 Å². The van der Waals surface area contributed by atoms with Crippen LogP contribution in [0.1, 0.15) is 5.56 Å². The standard InChI is InChI=1S/C11H6ClFN4/c12-10-3-4-11(17-16-10)15-8-1-2-9(13)7(5-8)6-14/h1-5H,(H,15,17). The van der Waals surface area contributed by atoms with Crippen molar-refractivity contribution in [1.29, 1.82) is 5.26 Å². The summed E-state index contributed by atoms with van der Waals surface area (Å²) in [6.07, 6.45) is 0. The first-order chi connectivity index (χ1) is 8.19. The van der Waals surface area contributed by atoms with Gasteiger partial charge < -0.3 is 5.32 Å². The van der Waals surface area contributed by atoms with Crippen LogP contribution in [0.5, 0.6) is 0 Å². The first kappa shape index (κ1) is 11.3. The predicted molar refractivity (Wildman–Crippen MR) is 61.4 cm³/mol. The summed E-state index contributed by atoms with van der Waals surface area (Å²) in [5.41, 5.74) is 0.525. The molecule has 0 unspecified atom stereocenters. The number of nitriles is 1. The smallest absolute Gasteiger partial charge is 0.153 e. The summed E-state index contributed by atoms with van der Waals surface area (Å²) in [7, 11) is 0. The molecule has 1 aromatic carbocycles. The van der Waals surface area contributed by atoms with Crippen molar-refractivity contribution in [2.24, 2.45) is 0 Å². The van der Waals surface area contributed by atoms with Crippen molar-refractivity contribution in [2.45, 2.75) is 0 Å². The molecular weight excluding hydrogens is 243 g/mol. The highest BCUT2D eigenvalue weighted by Crippen LogP contribution is 2.18. The van der Waals surface area contributed by atoms with E-state index >= 15 is 0 Å². The van der Waals surface area contributed by atoms with Gasteiger partial charge in [0.25, 0.3) is 0 Å². The molecular formula is C11H6ClFN4. The van der Waals surface area contributed by atoms with Crippen LogP contribution in [0.3, 0.4) is 0 Å². The maximum Gasteiger partial charge on any atom is 0.153 e. The van der Waals surface area contributed by atoms with Gasteiger partial charge in [0.1, 0.15) is 11.9 Å².